The summed E-state index contributed by atoms with van der Waals surface area (Å²) in [6.07, 6.45) is 23.1. The van der Waals surface area contributed by atoms with Gasteiger partial charge in [-0.05, 0) is 64.2 Å². The number of rotatable bonds is 33. The molecule has 474 valence electrons. The highest BCUT2D eigenvalue weighted by atomic mass is 16.1. The van der Waals surface area contributed by atoms with Crippen molar-refractivity contribution in [1.82, 2.24) is 0 Å². The molecule has 6 aromatic carbocycles. The van der Waals surface area contributed by atoms with Crippen LogP contribution >= 0.6 is 0 Å². The van der Waals surface area contributed by atoms with Crippen LogP contribution < -0.4 is 0 Å². The summed E-state index contributed by atoms with van der Waals surface area (Å²) in [6.45, 7) is 25.1. The predicted molar refractivity (Wildman–Crippen MR) is 371 cm³/mol. The third-order valence-corrected chi connectivity index (χ3v) is 15.8. The Hall–Kier alpha value is -6.66. The molecule has 0 aliphatic rings. The van der Waals surface area contributed by atoms with Gasteiger partial charge >= 0.3 is 0 Å². The lowest BCUT2D eigenvalue weighted by Gasteiger charge is -2.19. The fourth-order valence-corrected chi connectivity index (χ4v) is 10.2. The van der Waals surface area contributed by atoms with Crippen molar-refractivity contribution >= 4 is 34.7 Å². The quantitative estimate of drug-likeness (QED) is 0.0380. The Bertz CT molecular complexity index is 2660. The number of ketones is 6. The van der Waals surface area contributed by atoms with Crippen LogP contribution in [0.25, 0.3) is 0 Å². The molecule has 0 N–H and O–H groups in total. The number of hydrogen-bond donors (Lipinski definition) is 0. The van der Waals surface area contributed by atoms with Crippen molar-refractivity contribution in [3.8, 4) is 0 Å². The van der Waals surface area contributed by atoms with Gasteiger partial charge in [-0.15, -0.1) is 0 Å². The number of Topliss-reactive ketones (excluding diaryl/α,β-unsaturated/α-hetero) is 6. The van der Waals surface area contributed by atoms with E-state index in [0.717, 1.165) is 143 Å². The lowest BCUT2D eigenvalue weighted by molar-refractivity contribution is 0.0871. The zero-order chi connectivity index (χ0) is 64.5. The lowest BCUT2D eigenvalue weighted by Crippen LogP contribution is -2.20. The first-order chi connectivity index (χ1) is 42.1. The molecule has 0 fully saturated rings. The van der Waals surface area contributed by atoms with Gasteiger partial charge in [0.2, 0.25) is 0 Å². The Morgan fingerprint density at radius 2 is 0.529 bits per heavy atom. The van der Waals surface area contributed by atoms with Crippen molar-refractivity contribution < 1.29 is 28.8 Å². The molecule has 0 aliphatic heterocycles. The molecule has 0 amide bonds. The molecule has 0 aromatic heterocycles. The lowest BCUT2D eigenvalue weighted by atomic mass is 9.84. The van der Waals surface area contributed by atoms with E-state index in [2.05, 4.69) is 69.2 Å². The highest BCUT2D eigenvalue weighted by molar-refractivity contribution is 6.00. The number of hydrogen-bond acceptors (Lipinski definition) is 6. The van der Waals surface area contributed by atoms with E-state index in [1.165, 1.54) is 25.7 Å². The maximum atomic E-state index is 12.4. The van der Waals surface area contributed by atoms with Gasteiger partial charge in [0.25, 0.3) is 0 Å². The normalized spacial score (nSPS) is 11.8. The Labute approximate surface area is 529 Å². The molecule has 0 saturated carbocycles. The summed E-state index contributed by atoms with van der Waals surface area (Å²) in [5.41, 5.74) is 5.09. The SMILES string of the molecule is CC(=O)c1ccccc1.CCCCC(C(=O)c1ccccc1)C(C)C.CCCCC(C)C(=O)c1ccccc1.CCCCC(CC)C(=O)c1ccccc1.CCCCC(CCC)C(=O)c1ccccc1.CCCCC(CCCC)C(=O)c1ccccc1. The highest BCUT2D eigenvalue weighted by Gasteiger charge is 2.23. The van der Waals surface area contributed by atoms with Crippen LogP contribution in [0, 0.1) is 35.5 Å². The van der Waals surface area contributed by atoms with Crippen molar-refractivity contribution in [1.29, 1.82) is 0 Å². The van der Waals surface area contributed by atoms with Crippen LogP contribution in [0.4, 0.5) is 0 Å². The molecule has 4 atom stereocenters. The van der Waals surface area contributed by atoms with Crippen LogP contribution in [-0.2, 0) is 0 Å². The van der Waals surface area contributed by atoms with E-state index < -0.39 is 0 Å². The first-order valence-electron chi connectivity index (χ1n) is 33.6. The zero-order valence-electron chi connectivity index (χ0n) is 56.1. The van der Waals surface area contributed by atoms with Crippen molar-refractivity contribution in [3.63, 3.8) is 0 Å². The zero-order valence-corrected chi connectivity index (χ0v) is 56.1. The predicted octanol–water partition coefficient (Wildman–Crippen LogP) is 23.3. The van der Waals surface area contributed by atoms with Gasteiger partial charge in [-0.3, -0.25) is 28.8 Å². The molecule has 0 bridgehead atoms. The van der Waals surface area contributed by atoms with E-state index in [1.807, 2.05) is 189 Å². The summed E-state index contributed by atoms with van der Waals surface area (Å²) in [7, 11) is 0. The first-order valence-corrected chi connectivity index (χ1v) is 33.6. The summed E-state index contributed by atoms with van der Waals surface area (Å²) >= 11 is 0. The molecule has 6 rings (SSSR count). The van der Waals surface area contributed by atoms with Crippen LogP contribution in [0.3, 0.4) is 0 Å². The molecule has 0 heterocycles. The molecular weight excluding hydrogens is 1070 g/mol. The van der Waals surface area contributed by atoms with E-state index in [-0.39, 0.29) is 41.2 Å². The van der Waals surface area contributed by atoms with Gasteiger partial charge in [0, 0.05) is 63.0 Å². The molecule has 0 radical (unpaired) electrons. The Morgan fingerprint density at radius 3 is 0.805 bits per heavy atom. The number of carbonyl (C=O) groups excluding carboxylic acids is 6. The average molecular weight is 1180 g/mol. The van der Waals surface area contributed by atoms with E-state index in [0.29, 0.717) is 29.1 Å². The maximum absolute atomic E-state index is 12.4. The Kier molecular flexibility index (Phi) is 45.3. The van der Waals surface area contributed by atoms with Gasteiger partial charge in [-0.2, -0.15) is 0 Å². The topological polar surface area (TPSA) is 102 Å². The summed E-state index contributed by atoms with van der Waals surface area (Å²) in [5.74, 6) is 3.14. The van der Waals surface area contributed by atoms with Gasteiger partial charge < -0.3 is 0 Å². The third-order valence-electron chi connectivity index (χ3n) is 15.8. The molecular formula is C81H114O6. The van der Waals surface area contributed by atoms with E-state index >= 15 is 0 Å². The second kappa shape index (κ2) is 50.3. The summed E-state index contributed by atoms with van der Waals surface area (Å²) < 4.78 is 0. The molecule has 0 spiro atoms. The van der Waals surface area contributed by atoms with Crippen LogP contribution in [0.15, 0.2) is 182 Å². The van der Waals surface area contributed by atoms with Gasteiger partial charge in [0.05, 0.1) is 0 Å². The highest BCUT2D eigenvalue weighted by Crippen LogP contribution is 2.25. The number of benzene rings is 6. The monoisotopic (exact) mass is 1180 g/mol. The summed E-state index contributed by atoms with van der Waals surface area (Å²) in [6, 6.07) is 57.5. The van der Waals surface area contributed by atoms with Crippen molar-refractivity contribution in [2.24, 2.45) is 35.5 Å². The fourth-order valence-electron chi connectivity index (χ4n) is 10.2. The second-order valence-electron chi connectivity index (χ2n) is 23.5. The van der Waals surface area contributed by atoms with E-state index in [9.17, 15) is 28.8 Å². The second-order valence-corrected chi connectivity index (χ2v) is 23.5. The minimum absolute atomic E-state index is 0.121. The standard InChI is InChI=1S/C16H24O.2C15H22O.C14H20O.C13H18O.C8H8O/c1-3-5-10-14(11-6-4-2)16(17)15-12-8-7-9-13-15;1-4-5-11-14(12(2)3)15(16)13-9-7-6-8-10-13;1-3-5-10-13(9-4-2)15(16)14-11-7-6-8-12-14;1-3-5-9-12(4-2)14(15)13-10-7-6-8-11-13;1-3-4-8-11(2)13(14)12-9-6-5-7-10-12;1-7(9)8-5-3-2-4-6-8/h7-9,12-14H,3-6,10-11H2,1-2H3;6-10,12,14H,4-5,11H2,1-3H3;6-8,11-13H,3-5,9-10H2,1-2H3;6-8,10-12H,3-5,9H2,1-2H3;5-7,9-11H,3-4,8H2,1-2H3;2-6H,1H3. The number of carbonyl (C=O) groups is 6. The van der Waals surface area contributed by atoms with Crippen LogP contribution in [0.1, 0.15) is 280 Å². The van der Waals surface area contributed by atoms with Gasteiger partial charge in [-0.25, -0.2) is 0 Å². The van der Waals surface area contributed by atoms with Gasteiger partial charge in [0.15, 0.2) is 34.7 Å². The smallest absolute Gasteiger partial charge is 0.166 e. The molecule has 0 saturated heterocycles. The minimum atomic E-state index is 0.121. The van der Waals surface area contributed by atoms with Gasteiger partial charge in [0.1, 0.15) is 0 Å². The molecule has 6 heteroatoms. The summed E-state index contributed by atoms with van der Waals surface area (Å²) in [5, 5.41) is 0. The minimum Gasteiger partial charge on any atom is -0.295 e. The molecule has 6 aromatic rings. The van der Waals surface area contributed by atoms with Gasteiger partial charge in [-0.1, -0.05) is 342 Å². The average Bonchev–Trinajstić information content (AvgIpc) is 3.68. The third kappa shape index (κ3) is 33.9. The molecule has 0 aliphatic carbocycles. The van der Waals surface area contributed by atoms with Crippen LogP contribution in [-0.4, -0.2) is 34.7 Å². The number of unbranched alkanes of at least 4 members (excludes halogenated alkanes) is 6. The Balaban J connectivity index is 0.000000526. The summed E-state index contributed by atoms with van der Waals surface area (Å²) in [4.78, 5) is 71.5. The van der Waals surface area contributed by atoms with E-state index in [1.54, 1.807) is 6.92 Å². The van der Waals surface area contributed by atoms with Crippen molar-refractivity contribution in [3.05, 3.63) is 215 Å². The van der Waals surface area contributed by atoms with Crippen LogP contribution in [0.2, 0.25) is 0 Å². The molecule has 6 nitrogen and oxygen atoms in total. The fraction of sp³-hybridized carbons (Fsp3) is 0.481. The maximum Gasteiger partial charge on any atom is 0.166 e. The Morgan fingerprint density at radius 1 is 0.276 bits per heavy atom. The van der Waals surface area contributed by atoms with Crippen molar-refractivity contribution in [2.75, 3.05) is 0 Å². The molecule has 4 unspecified atom stereocenters. The van der Waals surface area contributed by atoms with Crippen LogP contribution in [0.5, 0.6) is 0 Å². The first kappa shape index (κ1) is 78.4. The molecule has 87 heavy (non-hydrogen) atoms. The van der Waals surface area contributed by atoms with E-state index in [4.69, 9.17) is 0 Å². The largest absolute Gasteiger partial charge is 0.295 e. The van der Waals surface area contributed by atoms with Crippen molar-refractivity contribution in [2.45, 2.75) is 218 Å².